The fourth-order valence-corrected chi connectivity index (χ4v) is 6.32. The van der Waals surface area contributed by atoms with Crippen LogP contribution < -0.4 is 10.1 Å². The minimum Gasteiger partial charge on any atom is -0.464 e. The third-order valence-electron chi connectivity index (χ3n) is 8.25. The summed E-state index contributed by atoms with van der Waals surface area (Å²) in [7, 11) is 0. The van der Waals surface area contributed by atoms with E-state index in [4.69, 9.17) is 9.15 Å². The maximum absolute atomic E-state index is 6.50. The molecule has 3 heterocycles. The standard InChI is InChI=1S/C37H24N2O2/c1-2-8-26(9-3-1)39-31-12-6-4-10-27(31)29-22-25(18-20-32(29)39)23-14-16-24(17-15-23)37-38-30-19-21-34-35(36(30)41-37)28-11-5-7-13-33(28)40-34/h1-22,37-38H. The topological polar surface area (TPSA) is 39.3 Å². The minimum atomic E-state index is -0.260. The molecular formula is C37H24N2O2. The first-order valence-electron chi connectivity index (χ1n) is 13.9. The van der Waals surface area contributed by atoms with Gasteiger partial charge < -0.3 is 19.0 Å². The molecule has 0 saturated carbocycles. The Hall–Kier alpha value is -5.48. The lowest BCUT2D eigenvalue weighted by atomic mass is 10.0. The van der Waals surface area contributed by atoms with Crippen molar-refractivity contribution >= 4 is 49.4 Å². The number of nitrogens with one attached hydrogen (secondary N) is 1. The minimum absolute atomic E-state index is 0.260. The van der Waals surface area contributed by atoms with Gasteiger partial charge in [0, 0.05) is 27.4 Å². The zero-order valence-electron chi connectivity index (χ0n) is 22.0. The van der Waals surface area contributed by atoms with E-state index in [0.717, 1.165) is 38.9 Å². The van der Waals surface area contributed by atoms with Crippen LogP contribution in [0.15, 0.2) is 138 Å². The normalized spacial score (nSPS) is 14.5. The monoisotopic (exact) mass is 528 g/mol. The van der Waals surface area contributed by atoms with Crippen LogP contribution in [0.4, 0.5) is 5.69 Å². The van der Waals surface area contributed by atoms with Crippen LogP contribution in [0.1, 0.15) is 11.8 Å². The molecule has 0 radical (unpaired) electrons. The van der Waals surface area contributed by atoms with Crippen molar-refractivity contribution in [2.75, 3.05) is 5.32 Å². The van der Waals surface area contributed by atoms with Gasteiger partial charge in [0.05, 0.1) is 22.1 Å². The van der Waals surface area contributed by atoms with Gasteiger partial charge in [-0.15, -0.1) is 0 Å². The SMILES string of the molecule is c1ccc(-n2c3ccccc3c3cc(-c4ccc(C5Nc6ccc7oc8ccccc8c7c6O5)cc4)ccc32)cc1. The fraction of sp³-hybridized carbons (Fsp3) is 0.0270. The molecule has 0 saturated heterocycles. The summed E-state index contributed by atoms with van der Waals surface area (Å²) in [6.45, 7) is 0. The number of ether oxygens (including phenoxy) is 1. The summed E-state index contributed by atoms with van der Waals surface area (Å²) in [5.74, 6) is 0.849. The largest absolute Gasteiger partial charge is 0.464 e. The van der Waals surface area contributed by atoms with Gasteiger partial charge in [0.15, 0.2) is 12.0 Å². The number of anilines is 1. The first-order chi connectivity index (χ1) is 20.3. The van der Waals surface area contributed by atoms with Crippen LogP contribution in [0.2, 0.25) is 0 Å². The van der Waals surface area contributed by atoms with Gasteiger partial charge in [-0.2, -0.15) is 0 Å². The molecule has 0 amide bonds. The van der Waals surface area contributed by atoms with Crippen molar-refractivity contribution in [2.45, 2.75) is 6.23 Å². The Bertz CT molecular complexity index is 2260. The van der Waals surface area contributed by atoms with Gasteiger partial charge in [-0.3, -0.25) is 0 Å². The molecule has 4 nitrogen and oxygen atoms in total. The number of hydrogen-bond acceptors (Lipinski definition) is 3. The Morgan fingerprint density at radius 2 is 1.29 bits per heavy atom. The van der Waals surface area contributed by atoms with Crippen LogP contribution in [-0.2, 0) is 0 Å². The Morgan fingerprint density at radius 1 is 0.561 bits per heavy atom. The molecule has 0 bridgehead atoms. The van der Waals surface area contributed by atoms with Crippen LogP contribution in [0.5, 0.6) is 5.75 Å². The van der Waals surface area contributed by atoms with Crippen LogP contribution in [0, 0.1) is 0 Å². The number of furan rings is 1. The van der Waals surface area contributed by atoms with Gasteiger partial charge in [-0.1, -0.05) is 84.9 Å². The first kappa shape index (κ1) is 22.3. The van der Waals surface area contributed by atoms with Crippen molar-refractivity contribution in [3.8, 4) is 22.6 Å². The Balaban J connectivity index is 1.08. The van der Waals surface area contributed by atoms with Crippen molar-refractivity contribution in [3.63, 3.8) is 0 Å². The third-order valence-corrected chi connectivity index (χ3v) is 8.25. The third kappa shape index (κ3) is 3.34. The highest BCUT2D eigenvalue weighted by molar-refractivity contribution is 6.11. The van der Waals surface area contributed by atoms with Gasteiger partial charge >= 0.3 is 0 Å². The molecule has 1 N–H and O–H groups in total. The predicted octanol–water partition coefficient (Wildman–Crippen LogP) is 9.85. The molecule has 0 fully saturated rings. The van der Waals surface area contributed by atoms with E-state index in [9.17, 15) is 0 Å². The van der Waals surface area contributed by atoms with Crippen LogP contribution in [-0.4, -0.2) is 4.57 Å². The van der Waals surface area contributed by atoms with Crippen molar-refractivity contribution in [1.29, 1.82) is 0 Å². The summed E-state index contributed by atoms with van der Waals surface area (Å²) in [4.78, 5) is 0. The molecule has 4 heteroatoms. The summed E-state index contributed by atoms with van der Waals surface area (Å²) < 4.78 is 14.9. The van der Waals surface area contributed by atoms with Crippen LogP contribution >= 0.6 is 0 Å². The zero-order chi connectivity index (χ0) is 26.9. The number of hydrogen-bond donors (Lipinski definition) is 1. The fourth-order valence-electron chi connectivity index (χ4n) is 6.32. The van der Waals surface area contributed by atoms with Crippen molar-refractivity contribution < 1.29 is 9.15 Å². The summed E-state index contributed by atoms with van der Waals surface area (Å²) in [5.41, 5.74) is 9.72. The second kappa shape index (κ2) is 8.51. The second-order valence-electron chi connectivity index (χ2n) is 10.6. The Kier molecular flexibility index (Phi) is 4.64. The van der Waals surface area contributed by atoms with Crippen LogP contribution in [0.3, 0.4) is 0 Å². The summed E-state index contributed by atoms with van der Waals surface area (Å²) in [5, 5.41) is 8.15. The molecule has 0 aliphatic carbocycles. The molecule has 1 aliphatic heterocycles. The predicted molar refractivity (Wildman–Crippen MR) is 167 cm³/mol. The lowest BCUT2D eigenvalue weighted by Crippen LogP contribution is -2.09. The molecule has 8 aromatic rings. The van der Waals surface area contributed by atoms with E-state index in [1.165, 1.54) is 38.6 Å². The van der Waals surface area contributed by atoms with Crippen LogP contribution in [0.25, 0.3) is 60.6 Å². The highest BCUT2D eigenvalue weighted by Crippen LogP contribution is 2.46. The number of aromatic nitrogens is 1. The maximum atomic E-state index is 6.50. The maximum Gasteiger partial charge on any atom is 0.196 e. The van der Waals surface area contributed by atoms with E-state index in [2.05, 4.69) is 113 Å². The van der Waals surface area contributed by atoms with Crippen molar-refractivity contribution in [3.05, 3.63) is 139 Å². The van der Waals surface area contributed by atoms with Gasteiger partial charge in [-0.25, -0.2) is 0 Å². The van der Waals surface area contributed by atoms with Gasteiger partial charge in [0.2, 0.25) is 0 Å². The second-order valence-corrected chi connectivity index (χ2v) is 10.6. The van der Waals surface area contributed by atoms with E-state index in [0.29, 0.717) is 0 Å². The average Bonchev–Trinajstić information content (AvgIpc) is 3.73. The van der Waals surface area contributed by atoms with E-state index in [1.807, 2.05) is 30.3 Å². The molecule has 1 unspecified atom stereocenters. The van der Waals surface area contributed by atoms with E-state index < -0.39 is 0 Å². The molecule has 41 heavy (non-hydrogen) atoms. The Morgan fingerprint density at radius 3 is 2.17 bits per heavy atom. The molecule has 9 rings (SSSR count). The number of rotatable bonds is 3. The molecule has 1 atom stereocenters. The number of nitrogens with zero attached hydrogens (tertiary/aromatic N) is 1. The number of benzene rings is 6. The first-order valence-corrected chi connectivity index (χ1v) is 13.9. The highest BCUT2D eigenvalue weighted by atomic mass is 16.5. The Labute approximate surface area is 236 Å². The summed E-state index contributed by atoms with van der Waals surface area (Å²) >= 11 is 0. The lowest BCUT2D eigenvalue weighted by Gasteiger charge is -2.13. The quantitative estimate of drug-likeness (QED) is 0.248. The van der Waals surface area contributed by atoms with Gasteiger partial charge in [-0.05, 0) is 59.7 Å². The molecule has 194 valence electrons. The van der Waals surface area contributed by atoms with Crippen molar-refractivity contribution in [2.24, 2.45) is 0 Å². The molecule has 0 spiro atoms. The average molecular weight is 529 g/mol. The van der Waals surface area contributed by atoms with E-state index in [1.54, 1.807) is 0 Å². The van der Waals surface area contributed by atoms with Gasteiger partial charge in [0.25, 0.3) is 0 Å². The highest BCUT2D eigenvalue weighted by Gasteiger charge is 2.27. The molecular weight excluding hydrogens is 504 g/mol. The lowest BCUT2D eigenvalue weighted by molar-refractivity contribution is 0.263. The van der Waals surface area contributed by atoms with Gasteiger partial charge in [0.1, 0.15) is 11.2 Å². The molecule has 1 aliphatic rings. The van der Waals surface area contributed by atoms with E-state index in [-0.39, 0.29) is 6.23 Å². The number of fused-ring (bicyclic) bond motifs is 8. The van der Waals surface area contributed by atoms with Crippen molar-refractivity contribution in [1.82, 2.24) is 4.57 Å². The van der Waals surface area contributed by atoms with E-state index >= 15 is 0 Å². The number of para-hydroxylation sites is 3. The summed E-state index contributed by atoms with van der Waals surface area (Å²) in [6.07, 6.45) is -0.260. The molecule has 2 aromatic heterocycles. The molecule has 6 aromatic carbocycles. The smallest absolute Gasteiger partial charge is 0.196 e. The summed E-state index contributed by atoms with van der Waals surface area (Å²) in [6, 6.07) is 46.8. The zero-order valence-corrected chi connectivity index (χ0v) is 22.0.